The number of benzene rings is 1. The van der Waals surface area contributed by atoms with Gasteiger partial charge in [-0.3, -0.25) is 4.79 Å². The van der Waals surface area contributed by atoms with Gasteiger partial charge in [0.05, 0.1) is 17.2 Å². The number of carbonyl (C=O) groups is 1. The van der Waals surface area contributed by atoms with Gasteiger partial charge >= 0.3 is 6.18 Å². The lowest BCUT2D eigenvalue weighted by Crippen LogP contribution is -2.29. The van der Waals surface area contributed by atoms with Crippen molar-refractivity contribution in [3.63, 3.8) is 0 Å². The fourth-order valence-corrected chi connectivity index (χ4v) is 1.73. The molecule has 0 spiro atoms. The number of halogens is 4. The number of alkyl halides is 3. The Balaban J connectivity index is 3.05. The highest BCUT2D eigenvalue weighted by Gasteiger charge is 2.34. The highest BCUT2D eigenvalue weighted by atomic mass is 35.5. The summed E-state index contributed by atoms with van der Waals surface area (Å²) in [7, 11) is 0. The topological polar surface area (TPSA) is 55.1 Å². The van der Waals surface area contributed by atoms with E-state index in [1.54, 1.807) is 6.92 Å². The van der Waals surface area contributed by atoms with E-state index in [4.69, 9.17) is 17.3 Å². The van der Waals surface area contributed by atoms with Crippen LogP contribution in [0.1, 0.15) is 18.9 Å². The molecular formula is C12H14ClF3N2O. The second-order valence-electron chi connectivity index (χ2n) is 4.02. The molecule has 0 aliphatic carbocycles. The van der Waals surface area contributed by atoms with Crippen molar-refractivity contribution in [1.82, 2.24) is 0 Å². The highest BCUT2D eigenvalue weighted by molar-refractivity contribution is 6.30. The molecule has 0 aromatic heterocycles. The lowest BCUT2D eigenvalue weighted by molar-refractivity contribution is -0.137. The van der Waals surface area contributed by atoms with Gasteiger partial charge in [-0.05, 0) is 24.6 Å². The fraction of sp³-hybridized carbons (Fsp3) is 0.417. The Hall–Kier alpha value is -1.27. The number of anilines is 1. The van der Waals surface area contributed by atoms with Crippen LogP contribution in [0.15, 0.2) is 18.2 Å². The molecule has 0 aliphatic rings. The number of nitrogens with one attached hydrogen (secondary N) is 1. The smallest absolute Gasteiger partial charge is 0.330 e. The molecule has 0 fully saturated rings. The average Bonchev–Trinajstić information content (AvgIpc) is 2.31. The molecule has 7 heteroatoms. The van der Waals surface area contributed by atoms with E-state index < -0.39 is 23.6 Å². The summed E-state index contributed by atoms with van der Waals surface area (Å²) in [6.45, 7) is 1.82. The minimum Gasteiger partial charge on any atom is -0.330 e. The summed E-state index contributed by atoms with van der Waals surface area (Å²) in [6.07, 6.45) is -4.13. The molecule has 1 atom stereocenters. The maximum atomic E-state index is 12.8. The highest BCUT2D eigenvalue weighted by Crippen LogP contribution is 2.36. The predicted octanol–water partition coefficient (Wildman–Crippen LogP) is 3.28. The first-order valence-electron chi connectivity index (χ1n) is 5.67. The molecule has 1 rings (SSSR count). The zero-order valence-corrected chi connectivity index (χ0v) is 11.0. The van der Waals surface area contributed by atoms with Crippen molar-refractivity contribution < 1.29 is 18.0 Å². The van der Waals surface area contributed by atoms with Gasteiger partial charge < -0.3 is 11.1 Å². The van der Waals surface area contributed by atoms with E-state index in [1.165, 1.54) is 6.07 Å². The first-order valence-corrected chi connectivity index (χ1v) is 6.05. The lowest BCUT2D eigenvalue weighted by Gasteiger charge is -2.17. The number of hydrogen-bond acceptors (Lipinski definition) is 2. The van der Waals surface area contributed by atoms with Gasteiger partial charge in [-0.15, -0.1) is 0 Å². The number of nitrogens with two attached hydrogens (primary N) is 1. The maximum Gasteiger partial charge on any atom is 0.418 e. The van der Waals surface area contributed by atoms with Gasteiger partial charge in [0.1, 0.15) is 0 Å². The van der Waals surface area contributed by atoms with Gasteiger partial charge in [-0.25, -0.2) is 0 Å². The molecule has 1 amide bonds. The Morgan fingerprint density at radius 3 is 2.58 bits per heavy atom. The third-order valence-electron chi connectivity index (χ3n) is 2.69. The van der Waals surface area contributed by atoms with E-state index in [2.05, 4.69) is 5.32 Å². The van der Waals surface area contributed by atoms with Gasteiger partial charge in [-0.1, -0.05) is 18.5 Å². The van der Waals surface area contributed by atoms with Gasteiger partial charge in [-0.2, -0.15) is 13.2 Å². The molecule has 0 aliphatic heterocycles. The maximum absolute atomic E-state index is 12.8. The second kappa shape index (κ2) is 6.25. The largest absolute Gasteiger partial charge is 0.418 e. The van der Waals surface area contributed by atoms with Crippen molar-refractivity contribution in [1.29, 1.82) is 0 Å². The molecular weight excluding hydrogens is 281 g/mol. The van der Waals surface area contributed by atoms with E-state index in [0.717, 1.165) is 12.1 Å². The van der Waals surface area contributed by atoms with Crippen LogP contribution in [0.2, 0.25) is 5.02 Å². The summed E-state index contributed by atoms with van der Waals surface area (Å²) in [6, 6.07) is 3.20. The first kappa shape index (κ1) is 15.8. The van der Waals surface area contributed by atoms with Crippen molar-refractivity contribution in [3.05, 3.63) is 28.8 Å². The SMILES string of the molecule is CCC(CN)C(=O)Nc1ccc(Cl)cc1C(F)(F)F. The van der Waals surface area contributed by atoms with Crippen LogP contribution < -0.4 is 11.1 Å². The van der Waals surface area contributed by atoms with Gasteiger partial charge in [0, 0.05) is 11.6 Å². The summed E-state index contributed by atoms with van der Waals surface area (Å²) in [5, 5.41) is 2.20. The van der Waals surface area contributed by atoms with Crippen LogP contribution in [0.5, 0.6) is 0 Å². The molecule has 1 aromatic rings. The van der Waals surface area contributed by atoms with Gasteiger partial charge in [0.2, 0.25) is 5.91 Å². The molecule has 0 radical (unpaired) electrons. The number of hydrogen-bond donors (Lipinski definition) is 2. The molecule has 3 N–H and O–H groups in total. The summed E-state index contributed by atoms with van der Waals surface area (Å²) >= 11 is 5.54. The van der Waals surface area contributed by atoms with E-state index in [1.807, 2.05) is 0 Å². The van der Waals surface area contributed by atoms with Crippen LogP contribution >= 0.6 is 11.6 Å². The van der Waals surface area contributed by atoms with Crippen molar-refractivity contribution in [2.24, 2.45) is 11.7 Å². The Kier molecular flexibility index (Phi) is 5.20. The minimum absolute atomic E-state index is 0.0452. The summed E-state index contributed by atoms with van der Waals surface area (Å²) in [5.74, 6) is -1.05. The molecule has 0 heterocycles. The predicted molar refractivity (Wildman–Crippen MR) is 67.9 cm³/mol. The van der Waals surface area contributed by atoms with Crippen LogP contribution in [-0.2, 0) is 11.0 Å². The number of carbonyl (C=O) groups excluding carboxylic acids is 1. The quantitative estimate of drug-likeness (QED) is 0.895. The van der Waals surface area contributed by atoms with Crippen molar-refractivity contribution in [2.75, 3.05) is 11.9 Å². The Bertz CT molecular complexity index is 459. The third kappa shape index (κ3) is 4.11. The number of rotatable bonds is 4. The normalized spacial score (nSPS) is 13.2. The molecule has 0 bridgehead atoms. The molecule has 1 unspecified atom stereocenters. The van der Waals surface area contributed by atoms with Gasteiger partial charge in [0.25, 0.3) is 0 Å². The zero-order valence-electron chi connectivity index (χ0n) is 10.2. The van der Waals surface area contributed by atoms with Crippen molar-refractivity contribution >= 4 is 23.2 Å². The molecule has 1 aromatic carbocycles. The minimum atomic E-state index is -4.59. The van der Waals surface area contributed by atoms with Crippen molar-refractivity contribution in [3.8, 4) is 0 Å². The van der Waals surface area contributed by atoms with Crippen LogP contribution in [-0.4, -0.2) is 12.5 Å². The Morgan fingerprint density at radius 2 is 2.11 bits per heavy atom. The molecule has 0 saturated carbocycles. The summed E-state index contributed by atoms with van der Waals surface area (Å²) in [5.41, 5.74) is 4.10. The Labute approximate surface area is 113 Å². The van der Waals surface area contributed by atoms with Crippen LogP contribution in [0.3, 0.4) is 0 Å². The zero-order chi connectivity index (χ0) is 14.6. The summed E-state index contributed by atoms with van der Waals surface area (Å²) < 4.78 is 38.4. The van der Waals surface area contributed by atoms with E-state index >= 15 is 0 Å². The lowest BCUT2D eigenvalue weighted by atomic mass is 10.1. The van der Waals surface area contributed by atoms with Crippen molar-refractivity contribution in [2.45, 2.75) is 19.5 Å². The van der Waals surface area contributed by atoms with Crippen LogP contribution in [0.4, 0.5) is 18.9 Å². The average molecular weight is 295 g/mol. The fourth-order valence-electron chi connectivity index (χ4n) is 1.55. The molecule has 19 heavy (non-hydrogen) atoms. The monoisotopic (exact) mass is 294 g/mol. The van der Waals surface area contributed by atoms with E-state index in [9.17, 15) is 18.0 Å². The molecule has 0 saturated heterocycles. The second-order valence-corrected chi connectivity index (χ2v) is 4.45. The van der Waals surface area contributed by atoms with Crippen LogP contribution in [0.25, 0.3) is 0 Å². The first-order chi connectivity index (χ1) is 8.79. The summed E-state index contributed by atoms with van der Waals surface area (Å²) in [4.78, 5) is 11.7. The Morgan fingerprint density at radius 1 is 1.47 bits per heavy atom. The van der Waals surface area contributed by atoms with Crippen LogP contribution in [0, 0.1) is 5.92 Å². The number of amides is 1. The van der Waals surface area contributed by atoms with E-state index in [-0.39, 0.29) is 17.3 Å². The third-order valence-corrected chi connectivity index (χ3v) is 2.93. The molecule has 3 nitrogen and oxygen atoms in total. The standard InChI is InChI=1S/C12H14ClF3N2O/c1-2-7(6-17)11(19)18-10-4-3-8(13)5-9(10)12(14,15)16/h3-5,7H,2,6,17H2,1H3,(H,18,19). The van der Waals surface area contributed by atoms with E-state index in [0.29, 0.717) is 6.42 Å². The van der Waals surface area contributed by atoms with Gasteiger partial charge in [0.15, 0.2) is 0 Å². The molecule has 106 valence electrons.